The van der Waals surface area contributed by atoms with Crippen LogP contribution in [-0.4, -0.2) is 49.5 Å². The van der Waals surface area contributed by atoms with E-state index < -0.39 is 23.4 Å². The lowest BCUT2D eigenvalue weighted by Gasteiger charge is -2.24. The number of aliphatic hydroxyl groups is 1. The quantitative estimate of drug-likeness (QED) is 0.447. The molecule has 0 bridgehead atoms. The largest absolute Gasteiger partial charge is 0.491 e. The van der Waals surface area contributed by atoms with E-state index in [1.165, 1.54) is 17.0 Å². The molecule has 0 aliphatic carbocycles. The molecule has 5 rings (SSSR count). The highest BCUT2D eigenvalue weighted by Crippen LogP contribution is 2.37. The predicted molar refractivity (Wildman–Crippen MR) is 125 cm³/mol. The van der Waals surface area contributed by atoms with Crippen LogP contribution in [0.15, 0.2) is 42.9 Å². The summed E-state index contributed by atoms with van der Waals surface area (Å²) < 4.78 is 22.5. The van der Waals surface area contributed by atoms with E-state index in [4.69, 9.17) is 10.5 Å². The van der Waals surface area contributed by atoms with Crippen LogP contribution in [0.4, 0.5) is 10.2 Å². The van der Waals surface area contributed by atoms with Crippen molar-refractivity contribution in [3.8, 4) is 17.6 Å². The van der Waals surface area contributed by atoms with Crippen molar-refractivity contribution >= 4 is 28.3 Å². The Morgan fingerprint density at radius 2 is 2.12 bits per heavy atom. The van der Waals surface area contributed by atoms with E-state index in [9.17, 15) is 14.3 Å². The van der Waals surface area contributed by atoms with Gasteiger partial charge in [0.1, 0.15) is 35.1 Å². The van der Waals surface area contributed by atoms with Crippen molar-refractivity contribution in [3.63, 3.8) is 0 Å². The molecule has 2 aromatic carbocycles. The van der Waals surface area contributed by atoms with E-state index in [1.807, 2.05) is 6.07 Å². The first kappa shape index (κ1) is 21.7. The first-order valence-corrected chi connectivity index (χ1v) is 10.6. The van der Waals surface area contributed by atoms with Crippen molar-refractivity contribution < 1.29 is 19.0 Å². The Kier molecular flexibility index (Phi) is 4.92. The standard InChI is InChI=1S/C25H22FN5O3/c1-25(2,33)7-6-14-4-5-15-21(12-34-22(15)8-14)30(3)24(32)16-9-19-18(10-17(16)26)29-23(27)20-11-28-13-31(19)20/h4-5,8-11,13,21,33H,12H2,1-3H3,(H2,27,29)/t21-/m1/s1. The van der Waals surface area contributed by atoms with Crippen molar-refractivity contribution in [2.45, 2.75) is 25.5 Å². The third kappa shape index (κ3) is 3.68. The van der Waals surface area contributed by atoms with E-state index in [2.05, 4.69) is 21.8 Å². The molecule has 0 unspecified atom stereocenters. The van der Waals surface area contributed by atoms with Gasteiger partial charge in [-0.3, -0.25) is 9.20 Å². The topological polar surface area (TPSA) is 106 Å². The number of anilines is 1. The maximum atomic E-state index is 15.0. The van der Waals surface area contributed by atoms with Crippen LogP contribution in [0, 0.1) is 17.7 Å². The number of rotatable bonds is 2. The molecule has 34 heavy (non-hydrogen) atoms. The Labute approximate surface area is 194 Å². The molecule has 9 heteroatoms. The van der Waals surface area contributed by atoms with Crippen LogP contribution in [0.1, 0.15) is 41.4 Å². The van der Waals surface area contributed by atoms with Gasteiger partial charge >= 0.3 is 0 Å². The second-order valence-corrected chi connectivity index (χ2v) is 8.77. The number of amides is 1. The Balaban J connectivity index is 1.48. The second-order valence-electron chi connectivity index (χ2n) is 8.77. The van der Waals surface area contributed by atoms with Crippen molar-refractivity contribution in [2.24, 2.45) is 0 Å². The number of nitrogens with zero attached hydrogens (tertiary/aromatic N) is 4. The Hall–Kier alpha value is -4.16. The normalized spacial score (nSPS) is 15.0. The first-order valence-electron chi connectivity index (χ1n) is 10.6. The summed E-state index contributed by atoms with van der Waals surface area (Å²) in [4.78, 5) is 23.1. The summed E-state index contributed by atoms with van der Waals surface area (Å²) in [6.07, 6.45) is 3.11. The van der Waals surface area contributed by atoms with E-state index in [1.54, 1.807) is 50.0 Å². The molecular weight excluding hydrogens is 437 g/mol. The minimum Gasteiger partial charge on any atom is -0.491 e. The lowest BCUT2D eigenvalue weighted by Crippen LogP contribution is -2.32. The maximum Gasteiger partial charge on any atom is 0.257 e. The highest BCUT2D eigenvalue weighted by atomic mass is 19.1. The van der Waals surface area contributed by atoms with Gasteiger partial charge in [-0.15, -0.1) is 0 Å². The Bertz CT molecular complexity index is 1530. The number of halogens is 1. The lowest BCUT2D eigenvalue weighted by atomic mass is 10.0. The SMILES string of the molecule is CN(C(=O)c1cc2c(cc1F)nc(N)c1cncn12)[C@@H]1COc2cc(C#CC(C)(C)O)ccc21. The molecule has 2 aromatic heterocycles. The highest BCUT2D eigenvalue weighted by molar-refractivity contribution is 5.98. The van der Waals surface area contributed by atoms with Crippen molar-refractivity contribution in [1.29, 1.82) is 0 Å². The summed E-state index contributed by atoms with van der Waals surface area (Å²) in [5.74, 6) is 5.33. The molecule has 3 heterocycles. The number of aromatic nitrogens is 3. The summed E-state index contributed by atoms with van der Waals surface area (Å²) in [7, 11) is 1.62. The van der Waals surface area contributed by atoms with Crippen LogP contribution in [0.5, 0.6) is 5.75 Å². The average Bonchev–Trinajstić information content (AvgIpc) is 3.43. The van der Waals surface area contributed by atoms with Gasteiger partial charge in [-0.25, -0.2) is 14.4 Å². The number of ether oxygens (including phenoxy) is 1. The number of hydrogen-bond acceptors (Lipinski definition) is 6. The van der Waals surface area contributed by atoms with Crippen LogP contribution in [0.3, 0.4) is 0 Å². The molecule has 1 aliphatic rings. The fourth-order valence-corrected chi connectivity index (χ4v) is 4.01. The molecular formula is C25H22FN5O3. The molecule has 0 saturated heterocycles. The summed E-state index contributed by atoms with van der Waals surface area (Å²) in [5, 5.41) is 9.81. The van der Waals surface area contributed by atoms with Crippen LogP contribution in [-0.2, 0) is 0 Å². The number of likely N-dealkylation sites (N-methyl/N-ethyl adjacent to an activating group) is 1. The minimum absolute atomic E-state index is 0.0855. The number of hydrogen-bond donors (Lipinski definition) is 2. The van der Waals surface area contributed by atoms with Gasteiger partial charge in [-0.1, -0.05) is 17.9 Å². The number of carbonyl (C=O) groups excluding carboxylic acids is 1. The number of imidazole rings is 1. The van der Waals surface area contributed by atoms with Crippen LogP contribution >= 0.6 is 0 Å². The number of nitrogen functional groups attached to an aromatic ring is 1. The number of carbonyl (C=O) groups is 1. The van der Waals surface area contributed by atoms with Crippen LogP contribution < -0.4 is 10.5 Å². The summed E-state index contributed by atoms with van der Waals surface area (Å²) >= 11 is 0. The summed E-state index contributed by atoms with van der Waals surface area (Å²) in [5.41, 5.74) is 7.66. The molecule has 4 aromatic rings. The van der Waals surface area contributed by atoms with Gasteiger partial charge in [0.2, 0.25) is 0 Å². The van der Waals surface area contributed by atoms with Crippen molar-refractivity contribution in [3.05, 3.63) is 65.4 Å². The van der Waals surface area contributed by atoms with Crippen molar-refractivity contribution in [2.75, 3.05) is 19.4 Å². The van der Waals surface area contributed by atoms with Crippen LogP contribution in [0.25, 0.3) is 16.6 Å². The van der Waals surface area contributed by atoms with E-state index in [-0.39, 0.29) is 18.0 Å². The molecule has 3 N–H and O–H groups in total. The molecule has 172 valence electrons. The number of fused-ring (bicyclic) bond motifs is 4. The predicted octanol–water partition coefficient (Wildman–Crippen LogP) is 2.93. The summed E-state index contributed by atoms with van der Waals surface area (Å²) in [6, 6.07) is 7.69. The lowest BCUT2D eigenvalue weighted by molar-refractivity contribution is 0.0704. The fraction of sp³-hybridized carbons (Fsp3) is 0.240. The van der Waals surface area contributed by atoms with Gasteiger partial charge in [-0.05, 0) is 32.0 Å². The van der Waals surface area contributed by atoms with E-state index >= 15 is 0 Å². The maximum absolute atomic E-state index is 15.0. The van der Waals surface area contributed by atoms with Gasteiger partial charge in [0.05, 0.1) is 35.2 Å². The first-order chi connectivity index (χ1) is 16.1. The smallest absolute Gasteiger partial charge is 0.257 e. The average molecular weight is 459 g/mol. The Morgan fingerprint density at radius 1 is 1.32 bits per heavy atom. The third-order valence-electron chi connectivity index (χ3n) is 5.77. The molecule has 0 saturated carbocycles. The van der Waals surface area contributed by atoms with Gasteiger partial charge in [0.25, 0.3) is 5.91 Å². The zero-order valence-electron chi connectivity index (χ0n) is 18.8. The van der Waals surface area contributed by atoms with Gasteiger partial charge in [0.15, 0.2) is 0 Å². The fourth-order valence-electron chi connectivity index (χ4n) is 4.01. The molecule has 0 radical (unpaired) electrons. The van der Waals surface area contributed by atoms with Gasteiger partial charge < -0.3 is 20.5 Å². The number of nitrogens with two attached hydrogens (primary N) is 1. The summed E-state index contributed by atoms with van der Waals surface area (Å²) in [6.45, 7) is 3.45. The highest BCUT2D eigenvalue weighted by Gasteiger charge is 2.32. The van der Waals surface area contributed by atoms with Gasteiger partial charge in [0, 0.05) is 24.2 Å². The van der Waals surface area contributed by atoms with E-state index in [0.29, 0.717) is 27.9 Å². The van der Waals surface area contributed by atoms with Gasteiger partial charge in [-0.2, -0.15) is 0 Å². The van der Waals surface area contributed by atoms with E-state index in [0.717, 1.165) is 5.56 Å². The molecule has 0 spiro atoms. The zero-order chi connectivity index (χ0) is 24.2. The molecule has 1 aliphatic heterocycles. The third-order valence-corrected chi connectivity index (χ3v) is 5.77. The number of benzene rings is 2. The van der Waals surface area contributed by atoms with Crippen molar-refractivity contribution in [1.82, 2.24) is 19.3 Å². The minimum atomic E-state index is -1.11. The molecule has 1 atom stereocenters. The monoisotopic (exact) mass is 459 g/mol. The molecule has 1 amide bonds. The molecule has 0 fully saturated rings. The molecule has 8 nitrogen and oxygen atoms in total. The second kappa shape index (κ2) is 7.71. The zero-order valence-corrected chi connectivity index (χ0v) is 18.8. The Morgan fingerprint density at radius 3 is 2.88 bits per heavy atom. The van der Waals surface area contributed by atoms with Crippen LogP contribution in [0.2, 0.25) is 0 Å².